The zero-order valence-electron chi connectivity index (χ0n) is 10.9. The number of esters is 1. The topological polar surface area (TPSA) is 55.4 Å². The van der Waals surface area contributed by atoms with E-state index in [0.717, 1.165) is 0 Å². The highest BCUT2D eigenvalue weighted by Crippen LogP contribution is 2.20. The number of nitrogens with one attached hydrogen (secondary N) is 1. The molecule has 0 fully saturated rings. The third-order valence-electron chi connectivity index (χ3n) is 2.49. The van der Waals surface area contributed by atoms with Gasteiger partial charge in [0.25, 0.3) is 0 Å². The quantitative estimate of drug-likeness (QED) is 0.616. The van der Waals surface area contributed by atoms with Gasteiger partial charge in [-0.1, -0.05) is 23.7 Å². The molecule has 4 nitrogen and oxygen atoms in total. The summed E-state index contributed by atoms with van der Waals surface area (Å²) in [7, 11) is 0. The van der Waals surface area contributed by atoms with E-state index in [0.29, 0.717) is 43.0 Å². The van der Waals surface area contributed by atoms with Crippen molar-refractivity contribution in [1.82, 2.24) is 0 Å². The highest BCUT2D eigenvalue weighted by molar-refractivity contribution is 6.33. The molecular weight excluding hydrogens is 266 g/mol. The van der Waals surface area contributed by atoms with Crippen molar-refractivity contribution in [3.05, 3.63) is 29.3 Å². The van der Waals surface area contributed by atoms with Gasteiger partial charge in [-0.2, -0.15) is 0 Å². The zero-order chi connectivity index (χ0) is 14.1. The fraction of sp³-hybridized carbons (Fsp3) is 0.429. The van der Waals surface area contributed by atoms with Gasteiger partial charge in [-0.15, -0.1) is 0 Å². The molecule has 0 radical (unpaired) electrons. The molecule has 0 saturated carbocycles. The molecule has 1 N–H and O–H groups in total. The Morgan fingerprint density at radius 1 is 1.21 bits per heavy atom. The summed E-state index contributed by atoms with van der Waals surface area (Å²) in [6.45, 7) is 2.17. The molecule has 1 rings (SSSR count). The zero-order valence-corrected chi connectivity index (χ0v) is 11.7. The molecule has 1 amide bonds. The van der Waals surface area contributed by atoms with Crippen LogP contribution in [-0.2, 0) is 14.3 Å². The van der Waals surface area contributed by atoms with Crippen molar-refractivity contribution in [3.63, 3.8) is 0 Å². The van der Waals surface area contributed by atoms with Crippen molar-refractivity contribution in [2.45, 2.75) is 32.6 Å². The van der Waals surface area contributed by atoms with E-state index >= 15 is 0 Å². The van der Waals surface area contributed by atoms with Crippen molar-refractivity contribution in [2.24, 2.45) is 0 Å². The Kier molecular flexibility index (Phi) is 6.97. The lowest BCUT2D eigenvalue weighted by molar-refractivity contribution is -0.143. The van der Waals surface area contributed by atoms with Crippen molar-refractivity contribution >= 4 is 29.2 Å². The average molecular weight is 284 g/mol. The lowest BCUT2D eigenvalue weighted by Crippen LogP contribution is -2.11. The van der Waals surface area contributed by atoms with Gasteiger partial charge in [-0.05, 0) is 31.9 Å². The number of unbranched alkanes of at least 4 members (excludes halogenated alkanes) is 1. The van der Waals surface area contributed by atoms with Crippen LogP contribution in [0.5, 0.6) is 0 Å². The maximum Gasteiger partial charge on any atom is 0.305 e. The van der Waals surface area contributed by atoms with Crippen LogP contribution in [0.4, 0.5) is 5.69 Å². The smallest absolute Gasteiger partial charge is 0.305 e. The van der Waals surface area contributed by atoms with E-state index in [-0.39, 0.29) is 11.9 Å². The fourth-order valence-corrected chi connectivity index (χ4v) is 1.75. The average Bonchev–Trinajstić information content (AvgIpc) is 2.38. The fourth-order valence-electron chi connectivity index (χ4n) is 1.56. The Balaban J connectivity index is 2.22. The number of amides is 1. The van der Waals surface area contributed by atoms with Gasteiger partial charge in [0, 0.05) is 12.8 Å². The molecule has 1 aromatic rings. The maximum atomic E-state index is 11.6. The molecule has 0 bridgehead atoms. The number of halogens is 1. The monoisotopic (exact) mass is 283 g/mol. The number of carbonyl (C=O) groups excluding carboxylic acids is 2. The second kappa shape index (κ2) is 8.53. The highest BCUT2D eigenvalue weighted by Gasteiger charge is 2.06. The molecule has 0 atom stereocenters. The molecule has 0 heterocycles. The van der Waals surface area contributed by atoms with Crippen molar-refractivity contribution in [3.8, 4) is 0 Å². The van der Waals surface area contributed by atoms with E-state index in [1.165, 1.54) is 0 Å². The first-order chi connectivity index (χ1) is 9.13. The predicted octanol–water partition coefficient (Wildman–Crippen LogP) is 3.40. The Morgan fingerprint density at radius 3 is 2.58 bits per heavy atom. The van der Waals surface area contributed by atoms with Crippen LogP contribution in [-0.4, -0.2) is 18.5 Å². The van der Waals surface area contributed by atoms with E-state index < -0.39 is 0 Å². The van der Waals surface area contributed by atoms with Gasteiger partial charge >= 0.3 is 5.97 Å². The molecule has 0 aliphatic rings. The number of anilines is 1. The van der Waals surface area contributed by atoms with Crippen LogP contribution >= 0.6 is 11.6 Å². The van der Waals surface area contributed by atoms with Crippen molar-refractivity contribution in [1.29, 1.82) is 0 Å². The molecule has 0 aliphatic carbocycles. The van der Waals surface area contributed by atoms with Gasteiger partial charge in [0.1, 0.15) is 0 Å². The minimum absolute atomic E-state index is 0.100. The summed E-state index contributed by atoms with van der Waals surface area (Å²) in [5, 5.41) is 3.25. The Morgan fingerprint density at radius 2 is 1.89 bits per heavy atom. The first-order valence-corrected chi connectivity index (χ1v) is 6.71. The van der Waals surface area contributed by atoms with E-state index in [1.54, 1.807) is 25.1 Å². The van der Waals surface area contributed by atoms with E-state index in [1.807, 2.05) is 6.07 Å². The van der Waals surface area contributed by atoms with Crippen LogP contribution in [0, 0.1) is 0 Å². The SMILES string of the molecule is CCOC(=O)CCCCC(=O)Nc1ccccc1Cl. The largest absolute Gasteiger partial charge is 0.466 e. The summed E-state index contributed by atoms with van der Waals surface area (Å²) >= 11 is 5.93. The van der Waals surface area contributed by atoms with Crippen LogP contribution < -0.4 is 5.32 Å². The third-order valence-corrected chi connectivity index (χ3v) is 2.82. The lowest BCUT2D eigenvalue weighted by Gasteiger charge is -2.06. The molecule has 19 heavy (non-hydrogen) atoms. The normalized spacial score (nSPS) is 10.0. The molecular formula is C14H18ClNO3. The van der Waals surface area contributed by atoms with Crippen LogP contribution in [0.1, 0.15) is 32.6 Å². The second-order valence-corrected chi connectivity index (χ2v) is 4.45. The lowest BCUT2D eigenvalue weighted by atomic mass is 10.2. The predicted molar refractivity (Wildman–Crippen MR) is 75.2 cm³/mol. The summed E-state index contributed by atoms with van der Waals surface area (Å²) in [6, 6.07) is 7.08. The number of para-hydroxylation sites is 1. The second-order valence-electron chi connectivity index (χ2n) is 4.04. The Hall–Kier alpha value is -1.55. The van der Waals surface area contributed by atoms with Crippen LogP contribution in [0.15, 0.2) is 24.3 Å². The van der Waals surface area contributed by atoms with E-state index in [9.17, 15) is 9.59 Å². The standard InChI is InChI=1S/C14H18ClNO3/c1-2-19-14(18)10-6-5-9-13(17)16-12-8-4-3-7-11(12)15/h3-4,7-8H,2,5-6,9-10H2,1H3,(H,16,17). The number of ether oxygens (including phenoxy) is 1. The molecule has 1 aromatic carbocycles. The minimum atomic E-state index is -0.214. The van der Waals surface area contributed by atoms with E-state index in [4.69, 9.17) is 16.3 Å². The van der Waals surface area contributed by atoms with Gasteiger partial charge in [-0.25, -0.2) is 0 Å². The van der Waals surface area contributed by atoms with Gasteiger partial charge in [-0.3, -0.25) is 9.59 Å². The Bertz CT molecular complexity index is 434. The molecule has 104 valence electrons. The molecule has 0 aliphatic heterocycles. The molecule has 0 spiro atoms. The molecule has 0 aromatic heterocycles. The first kappa shape index (κ1) is 15.5. The van der Waals surface area contributed by atoms with Gasteiger partial charge < -0.3 is 10.1 Å². The molecule has 5 heteroatoms. The van der Waals surface area contributed by atoms with Crippen LogP contribution in [0.2, 0.25) is 5.02 Å². The summed E-state index contributed by atoms with van der Waals surface area (Å²) in [6.07, 6.45) is 2.02. The van der Waals surface area contributed by atoms with Crippen molar-refractivity contribution in [2.75, 3.05) is 11.9 Å². The number of rotatable bonds is 7. The number of hydrogen-bond acceptors (Lipinski definition) is 3. The number of carbonyl (C=O) groups is 2. The van der Waals surface area contributed by atoms with Crippen LogP contribution in [0.3, 0.4) is 0 Å². The summed E-state index contributed by atoms with van der Waals surface area (Å²) in [5.41, 5.74) is 0.611. The third kappa shape index (κ3) is 6.25. The van der Waals surface area contributed by atoms with E-state index in [2.05, 4.69) is 5.32 Å². The van der Waals surface area contributed by atoms with Gasteiger partial charge in [0.05, 0.1) is 17.3 Å². The number of benzene rings is 1. The van der Waals surface area contributed by atoms with Gasteiger partial charge in [0.15, 0.2) is 0 Å². The maximum absolute atomic E-state index is 11.6. The highest BCUT2D eigenvalue weighted by atomic mass is 35.5. The summed E-state index contributed by atoms with van der Waals surface area (Å²) in [4.78, 5) is 22.7. The number of hydrogen-bond donors (Lipinski definition) is 1. The Labute approximate surface area is 118 Å². The van der Waals surface area contributed by atoms with Gasteiger partial charge in [0.2, 0.25) is 5.91 Å². The minimum Gasteiger partial charge on any atom is -0.466 e. The van der Waals surface area contributed by atoms with Crippen molar-refractivity contribution < 1.29 is 14.3 Å². The summed E-state index contributed by atoms with van der Waals surface area (Å²) < 4.78 is 4.80. The van der Waals surface area contributed by atoms with Crippen LogP contribution in [0.25, 0.3) is 0 Å². The molecule has 0 unspecified atom stereocenters. The molecule has 0 saturated heterocycles. The summed E-state index contributed by atoms with van der Waals surface area (Å²) in [5.74, 6) is -0.314. The first-order valence-electron chi connectivity index (χ1n) is 6.33.